The van der Waals surface area contributed by atoms with Gasteiger partial charge in [0.2, 0.25) is 6.41 Å². The first-order valence-corrected chi connectivity index (χ1v) is 4.76. The van der Waals surface area contributed by atoms with Gasteiger partial charge in [-0.3, -0.25) is 9.69 Å². The topological polar surface area (TPSA) is 32.3 Å². The van der Waals surface area contributed by atoms with Gasteiger partial charge in [0.15, 0.2) is 0 Å². The molecule has 3 nitrogen and oxygen atoms in total. The van der Waals surface area contributed by atoms with Gasteiger partial charge in [0.05, 0.1) is 0 Å². The number of carbonyl (C=O) groups excluding carboxylic acids is 1. The summed E-state index contributed by atoms with van der Waals surface area (Å²) in [6.07, 6.45) is 3.37. The van der Waals surface area contributed by atoms with Crippen molar-refractivity contribution in [2.45, 2.75) is 31.8 Å². The molecule has 3 heteroatoms. The number of hydrogen-bond acceptors (Lipinski definition) is 2. The second-order valence-corrected chi connectivity index (χ2v) is 3.92. The second-order valence-electron chi connectivity index (χ2n) is 3.92. The highest BCUT2D eigenvalue weighted by Crippen LogP contribution is 2.31. The Hall–Kier alpha value is -0.570. The third-order valence-corrected chi connectivity index (χ3v) is 3.44. The van der Waals surface area contributed by atoms with E-state index in [1.807, 2.05) is 0 Å². The maximum absolute atomic E-state index is 10.4. The van der Waals surface area contributed by atoms with E-state index in [1.165, 1.54) is 25.9 Å². The van der Waals surface area contributed by atoms with E-state index in [2.05, 4.69) is 17.1 Å². The molecule has 2 unspecified atom stereocenters. The number of fused-ring (bicyclic) bond motifs is 3. The summed E-state index contributed by atoms with van der Waals surface area (Å²) >= 11 is 0. The van der Waals surface area contributed by atoms with Crippen molar-refractivity contribution in [1.29, 1.82) is 0 Å². The molecule has 3 heterocycles. The molecule has 2 bridgehead atoms. The summed E-state index contributed by atoms with van der Waals surface area (Å²) in [4.78, 5) is 12.8. The molecule has 0 aromatic heterocycles. The van der Waals surface area contributed by atoms with Gasteiger partial charge in [-0.2, -0.15) is 0 Å². The summed E-state index contributed by atoms with van der Waals surface area (Å²) in [5.41, 5.74) is 0. The van der Waals surface area contributed by atoms with E-state index in [9.17, 15) is 4.79 Å². The highest BCUT2D eigenvalue weighted by atomic mass is 16.1. The molecule has 0 aromatic rings. The molecule has 0 saturated carbocycles. The molecule has 0 radical (unpaired) electrons. The van der Waals surface area contributed by atoms with Gasteiger partial charge in [0.1, 0.15) is 0 Å². The molecular formula is C9H16N2O. The average Bonchev–Trinajstić information content (AvgIpc) is 2.12. The summed E-state index contributed by atoms with van der Waals surface area (Å²) in [5.74, 6) is 0.732. The van der Waals surface area contributed by atoms with E-state index < -0.39 is 0 Å². The maximum Gasteiger partial charge on any atom is 0.207 e. The predicted molar refractivity (Wildman–Crippen MR) is 46.7 cm³/mol. The number of nitrogens with zero attached hydrogens (tertiary/aromatic N) is 1. The first kappa shape index (κ1) is 8.05. The highest BCUT2D eigenvalue weighted by Gasteiger charge is 2.39. The monoisotopic (exact) mass is 168 g/mol. The third kappa shape index (κ3) is 1.12. The summed E-state index contributed by atoms with van der Waals surface area (Å²) in [5, 5.41) is 2.94. The Morgan fingerprint density at radius 3 is 2.58 bits per heavy atom. The van der Waals surface area contributed by atoms with Crippen LogP contribution in [-0.4, -0.2) is 36.5 Å². The normalized spacial score (nSPS) is 45.8. The van der Waals surface area contributed by atoms with Crippen molar-refractivity contribution in [3.05, 3.63) is 0 Å². The number of hydrogen-bond donors (Lipinski definition) is 1. The smallest absolute Gasteiger partial charge is 0.207 e. The molecule has 0 spiro atoms. The molecule has 3 rings (SSSR count). The molecule has 3 saturated heterocycles. The van der Waals surface area contributed by atoms with Crippen LogP contribution in [0.4, 0.5) is 0 Å². The van der Waals surface area contributed by atoms with E-state index >= 15 is 0 Å². The van der Waals surface area contributed by atoms with Gasteiger partial charge in [-0.1, -0.05) is 0 Å². The van der Waals surface area contributed by atoms with E-state index in [0.29, 0.717) is 12.1 Å². The summed E-state index contributed by atoms with van der Waals surface area (Å²) in [6, 6.07) is 0.952. The fourth-order valence-corrected chi connectivity index (χ4v) is 2.66. The minimum absolute atomic E-state index is 0.407. The van der Waals surface area contributed by atoms with Crippen LogP contribution in [0.2, 0.25) is 0 Å². The van der Waals surface area contributed by atoms with Crippen molar-refractivity contribution in [3.63, 3.8) is 0 Å². The molecule has 0 aliphatic carbocycles. The van der Waals surface area contributed by atoms with Crippen LogP contribution in [0, 0.1) is 5.92 Å². The first-order chi connectivity index (χ1) is 5.83. The number of carbonyl (C=O) groups is 1. The molecule has 12 heavy (non-hydrogen) atoms. The highest BCUT2D eigenvalue weighted by molar-refractivity contribution is 5.47. The first-order valence-electron chi connectivity index (χ1n) is 4.76. The van der Waals surface area contributed by atoms with Gasteiger partial charge in [-0.25, -0.2) is 0 Å². The number of rotatable bonds is 2. The molecular weight excluding hydrogens is 152 g/mol. The minimum atomic E-state index is 0.407. The molecule has 3 aliphatic rings. The standard InChI is InChI=1S/C9H16N2O/c1-7-9(10-6-12)8-2-4-11(7)5-3-8/h6-9H,2-5H2,1H3,(H,10,12). The summed E-state index contributed by atoms with van der Waals surface area (Å²) < 4.78 is 0. The van der Waals surface area contributed by atoms with Crippen LogP contribution in [-0.2, 0) is 4.79 Å². The zero-order valence-electron chi connectivity index (χ0n) is 7.49. The average molecular weight is 168 g/mol. The largest absolute Gasteiger partial charge is 0.354 e. The van der Waals surface area contributed by atoms with Crippen LogP contribution in [0.15, 0.2) is 0 Å². The van der Waals surface area contributed by atoms with Gasteiger partial charge < -0.3 is 5.32 Å². The fraction of sp³-hybridized carbons (Fsp3) is 0.889. The van der Waals surface area contributed by atoms with Crippen LogP contribution in [0.3, 0.4) is 0 Å². The Labute approximate surface area is 73.1 Å². The number of amides is 1. The lowest BCUT2D eigenvalue weighted by molar-refractivity contribution is -0.112. The SMILES string of the molecule is CC1C(NC=O)C2CCN1CC2. The lowest BCUT2D eigenvalue weighted by atomic mass is 9.79. The Bertz CT molecular complexity index is 173. The van der Waals surface area contributed by atoms with Gasteiger partial charge >= 0.3 is 0 Å². The summed E-state index contributed by atoms with van der Waals surface area (Å²) in [6.45, 7) is 4.66. The lowest BCUT2D eigenvalue weighted by Crippen LogP contribution is -2.61. The van der Waals surface area contributed by atoms with E-state index in [4.69, 9.17) is 0 Å². The van der Waals surface area contributed by atoms with Gasteiger partial charge in [0.25, 0.3) is 0 Å². The summed E-state index contributed by atoms with van der Waals surface area (Å²) in [7, 11) is 0. The molecule has 2 atom stereocenters. The fourth-order valence-electron chi connectivity index (χ4n) is 2.66. The molecule has 1 amide bonds. The van der Waals surface area contributed by atoms with Crippen LogP contribution in [0.1, 0.15) is 19.8 Å². The maximum atomic E-state index is 10.4. The Kier molecular flexibility index (Phi) is 2.05. The zero-order valence-corrected chi connectivity index (χ0v) is 7.49. The quantitative estimate of drug-likeness (QED) is 0.598. The molecule has 3 fully saturated rings. The van der Waals surface area contributed by atoms with Crippen LogP contribution in [0.5, 0.6) is 0 Å². The van der Waals surface area contributed by atoms with Gasteiger partial charge in [-0.15, -0.1) is 0 Å². The van der Waals surface area contributed by atoms with Crippen molar-refractivity contribution in [2.75, 3.05) is 13.1 Å². The number of piperidine rings is 3. The van der Waals surface area contributed by atoms with E-state index in [1.54, 1.807) is 0 Å². The van der Waals surface area contributed by atoms with Gasteiger partial charge in [-0.05, 0) is 38.8 Å². The number of nitrogens with one attached hydrogen (secondary N) is 1. The van der Waals surface area contributed by atoms with Crippen LogP contribution < -0.4 is 5.32 Å². The van der Waals surface area contributed by atoms with Crippen molar-refractivity contribution >= 4 is 6.41 Å². The minimum Gasteiger partial charge on any atom is -0.354 e. The van der Waals surface area contributed by atoms with Crippen molar-refractivity contribution in [3.8, 4) is 0 Å². The Morgan fingerprint density at radius 2 is 2.08 bits per heavy atom. The Balaban J connectivity index is 2.07. The van der Waals surface area contributed by atoms with Crippen molar-refractivity contribution < 1.29 is 4.79 Å². The van der Waals surface area contributed by atoms with E-state index in [0.717, 1.165) is 12.3 Å². The second kappa shape index (κ2) is 3.05. The molecule has 0 aromatic carbocycles. The van der Waals surface area contributed by atoms with E-state index in [-0.39, 0.29) is 0 Å². The molecule has 3 aliphatic heterocycles. The van der Waals surface area contributed by atoms with Crippen molar-refractivity contribution in [1.82, 2.24) is 10.2 Å². The molecule has 68 valence electrons. The van der Waals surface area contributed by atoms with Crippen LogP contribution >= 0.6 is 0 Å². The predicted octanol–water partition coefficient (Wildman–Crippen LogP) is 0.215. The molecule has 1 N–H and O–H groups in total. The van der Waals surface area contributed by atoms with Crippen molar-refractivity contribution in [2.24, 2.45) is 5.92 Å². The zero-order chi connectivity index (χ0) is 8.55. The lowest BCUT2D eigenvalue weighted by Gasteiger charge is -2.49. The third-order valence-electron chi connectivity index (χ3n) is 3.44. The Morgan fingerprint density at radius 1 is 1.42 bits per heavy atom. The van der Waals surface area contributed by atoms with Gasteiger partial charge in [0, 0.05) is 12.1 Å². The van der Waals surface area contributed by atoms with Crippen LogP contribution in [0.25, 0.3) is 0 Å².